The number of hydrogen-bond acceptors (Lipinski definition) is 4. The van der Waals surface area contributed by atoms with Gasteiger partial charge in [0, 0.05) is 12.4 Å². The minimum atomic E-state index is 0.0307. The smallest absolute Gasteiger partial charge is 0.137 e. The molecule has 1 unspecified atom stereocenters. The largest absolute Gasteiger partial charge is 0.495 e. The molecule has 2 aromatic heterocycles. The van der Waals surface area contributed by atoms with Gasteiger partial charge in [-0.15, -0.1) is 0 Å². The van der Waals surface area contributed by atoms with Crippen LogP contribution in [0.25, 0.3) is 0 Å². The lowest BCUT2D eigenvalue weighted by atomic mass is 10.0. The van der Waals surface area contributed by atoms with E-state index in [1.54, 1.807) is 13.3 Å². The molecule has 0 fully saturated rings. The topological polar surface area (TPSA) is 47.0 Å². The third kappa shape index (κ3) is 3.14. The summed E-state index contributed by atoms with van der Waals surface area (Å²) < 4.78 is 5.26. The Bertz CT molecular complexity index is 584. The van der Waals surface area contributed by atoms with Crippen LogP contribution in [0.4, 0.5) is 0 Å². The van der Waals surface area contributed by atoms with Gasteiger partial charge in [0.1, 0.15) is 5.75 Å². The van der Waals surface area contributed by atoms with Gasteiger partial charge in [0.05, 0.1) is 25.0 Å². The molecular weight excluding hydrogens is 250 g/mol. The lowest BCUT2D eigenvalue weighted by Gasteiger charge is -2.20. The number of methoxy groups -OCH3 is 1. The predicted molar refractivity (Wildman–Crippen MR) is 80.0 cm³/mol. The Kier molecular flexibility index (Phi) is 4.69. The number of hydrogen-bond donors (Lipinski definition) is 1. The van der Waals surface area contributed by atoms with Crippen molar-refractivity contribution in [2.24, 2.45) is 0 Å². The second kappa shape index (κ2) is 6.48. The second-order valence-electron chi connectivity index (χ2n) is 4.86. The highest BCUT2D eigenvalue weighted by atomic mass is 16.5. The normalized spacial score (nSPS) is 12.2. The zero-order valence-electron chi connectivity index (χ0n) is 12.5. The summed E-state index contributed by atoms with van der Waals surface area (Å²) in [4.78, 5) is 8.84. The van der Waals surface area contributed by atoms with Gasteiger partial charge < -0.3 is 10.1 Å². The molecule has 0 aliphatic carbocycles. The Hall–Kier alpha value is -1.94. The maximum Gasteiger partial charge on any atom is 0.137 e. The van der Waals surface area contributed by atoms with E-state index in [4.69, 9.17) is 4.74 Å². The summed E-state index contributed by atoms with van der Waals surface area (Å²) in [5.74, 6) is 0.759. The third-order valence-corrected chi connectivity index (χ3v) is 3.24. The first-order valence-electron chi connectivity index (χ1n) is 6.81. The lowest BCUT2D eigenvalue weighted by molar-refractivity contribution is 0.411. The molecule has 2 aromatic rings. The van der Waals surface area contributed by atoms with Crippen molar-refractivity contribution in [1.82, 2.24) is 15.3 Å². The van der Waals surface area contributed by atoms with Crippen LogP contribution in [0.2, 0.25) is 0 Å². The Morgan fingerprint density at radius 3 is 2.65 bits per heavy atom. The van der Waals surface area contributed by atoms with Crippen molar-refractivity contribution in [3.8, 4) is 5.75 Å². The van der Waals surface area contributed by atoms with Crippen LogP contribution < -0.4 is 10.1 Å². The Morgan fingerprint density at radius 2 is 2.00 bits per heavy atom. The van der Waals surface area contributed by atoms with E-state index in [1.165, 1.54) is 11.1 Å². The first-order chi connectivity index (χ1) is 9.65. The quantitative estimate of drug-likeness (QED) is 0.908. The van der Waals surface area contributed by atoms with Crippen molar-refractivity contribution in [2.75, 3.05) is 13.7 Å². The molecule has 2 heterocycles. The Balaban J connectivity index is 2.44. The molecule has 0 aliphatic rings. The average Bonchev–Trinajstić information content (AvgIpc) is 2.45. The van der Waals surface area contributed by atoms with E-state index in [9.17, 15) is 0 Å². The first kappa shape index (κ1) is 14.5. The van der Waals surface area contributed by atoms with Crippen LogP contribution in [0.3, 0.4) is 0 Å². The fourth-order valence-electron chi connectivity index (χ4n) is 2.31. The van der Waals surface area contributed by atoms with E-state index >= 15 is 0 Å². The van der Waals surface area contributed by atoms with Crippen molar-refractivity contribution in [2.45, 2.75) is 26.8 Å². The lowest BCUT2D eigenvalue weighted by Crippen LogP contribution is -2.24. The molecule has 0 bridgehead atoms. The van der Waals surface area contributed by atoms with Gasteiger partial charge in [0.2, 0.25) is 0 Å². The summed E-state index contributed by atoms with van der Waals surface area (Å²) in [6, 6.07) is 4.19. The van der Waals surface area contributed by atoms with Gasteiger partial charge in [0.25, 0.3) is 0 Å². The number of aromatic nitrogens is 2. The Labute approximate surface area is 120 Å². The molecule has 0 spiro atoms. The molecule has 0 saturated carbocycles. The minimum Gasteiger partial charge on any atom is -0.495 e. The zero-order chi connectivity index (χ0) is 14.5. The van der Waals surface area contributed by atoms with Crippen molar-refractivity contribution in [3.63, 3.8) is 0 Å². The molecular formula is C16H21N3O. The molecule has 0 aromatic carbocycles. The highest BCUT2D eigenvalue weighted by Crippen LogP contribution is 2.25. The third-order valence-electron chi connectivity index (χ3n) is 3.24. The SMILES string of the molecule is CCNC(c1cncc(OC)c1)c1ncc(C)cc1C. The number of nitrogens with zero attached hydrogens (tertiary/aromatic N) is 2. The number of nitrogens with one attached hydrogen (secondary N) is 1. The van der Waals surface area contributed by atoms with Crippen molar-refractivity contribution in [3.05, 3.63) is 53.1 Å². The molecule has 0 radical (unpaired) electrons. The second-order valence-corrected chi connectivity index (χ2v) is 4.86. The molecule has 0 aliphatic heterocycles. The van der Waals surface area contributed by atoms with Crippen molar-refractivity contribution in [1.29, 1.82) is 0 Å². The number of rotatable bonds is 5. The highest BCUT2D eigenvalue weighted by molar-refractivity contribution is 5.35. The minimum absolute atomic E-state index is 0.0307. The first-order valence-corrected chi connectivity index (χ1v) is 6.81. The van der Waals surface area contributed by atoms with E-state index < -0.39 is 0 Å². The van der Waals surface area contributed by atoms with Gasteiger partial charge in [-0.2, -0.15) is 0 Å². The van der Waals surface area contributed by atoms with Gasteiger partial charge >= 0.3 is 0 Å². The molecule has 4 nitrogen and oxygen atoms in total. The van der Waals surface area contributed by atoms with Crippen LogP contribution >= 0.6 is 0 Å². The van der Waals surface area contributed by atoms with Gasteiger partial charge in [0.15, 0.2) is 0 Å². The average molecular weight is 271 g/mol. The van der Waals surface area contributed by atoms with Crippen LogP contribution in [0.15, 0.2) is 30.7 Å². The number of ether oxygens (including phenoxy) is 1. The van der Waals surface area contributed by atoms with Gasteiger partial charge in [-0.05, 0) is 43.1 Å². The predicted octanol–water partition coefficient (Wildman–Crippen LogP) is 2.80. The van der Waals surface area contributed by atoms with Crippen LogP contribution in [0.1, 0.15) is 35.3 Å². The summed E-state index contributed by atoms with van der Waals surface area (Å²) in [6.07, 6.45) is 5.47. The van der Waals surface area contributed by atoms with Gasteiger partial charge in [-0.3, -0.25) is 9.97 Å². The summed E-state index contributed by atoms with van der Waals surface area (Å²) in [5, 5.41) is 3.47. The van der Waals surface area contributed by atoms with Gasteiger partial charge in [-0.25, -0.2) is 0 Å². The molecule has 0 saturated heterocycles. The van der Waals surface area contributed by atoms with Crippen molar-refractivity contribution >= 4 is 0 Å². The highest BCUT2D eigenvalue weighted by Gasteiger charge is 2.17. The summed E-state index contributed by atoms with van der Waals surface area (Å²) >= 11 is 0. The van der Waals surface area contributed by atoms with Crippen LogP contribution in [-0.4, -0.2) is 23.6 Å². The number of pyridine rings is 2. The van der Waals surface area contributed by atoms with Gasteiger partial charge in [-0.1, -0.05) is 13.0 Å². The summed E-state index contributed by atoms with van der Waals surface area (Å²) in [7, 11) is 1.65. The molecule has 106 valence electrons. The van der Waals surface area contributed by atoms with E-state index in [-0.39, 0.29) is 6.04 Å². The maximum absolute atomic E-state index is 5.26. The fourth-order valence-corrected chi connectivity index (χ4v) is 2.31. The molecule has 2 rings (SSSR count). The molecule has 1 atom stereocenters. The van der Waals surface area contributed by atoms with E-state index in [0.29, 0.717) is 0 Å². The van der Waals surface area contributed by atoms with E-state index in [2.05, 4.69) is 42.1 Å². The standard InChI is InChI=1S/C16H21N3O/c1-5-18-16(13-7-14(20-4)10-17-9-13)15-12(3)6-11(2)8-19-15/h6-10,16,18H,5H2,1-4H3. The Morgan fingerprint density at radius 1 is 1.20 bits per heavy atom. The molecule has 4 heteroatoms. The van der Waals surface area contributed by atoms with Crippen LogP contribution in [-0.2, 0) is 0 Å². The molecule has 20 heavy (non-hydrogen) atoms. The monoisotopic (exact) mass is 271 g/mol. The zero-order valence-corrected chi connectivity index (χ0v) is 12.5. The molecule has 1 N–H and O–H groups in total. The summed E-state index contributed by atoms with van der Waals surface area (Å²) in [6.45, 7) is 7.09. The molecule has 0 amide bonds. The van der Waals surface area contributed by atoms with E-state index in [1.807, 2.05) is 18.5 Å². The number of aryl methyl sites for hydroxylation is 2. The van der Waals surface area contributed by atoms with Crippen LogP contribution in [0.5, 0.6) is 5.75 Å². The summed E-state index contributed by atoms with van der Waals surface area (Å²) in [5.41, 5.74) is 4.45. The fraction of sp³-hybridized carbons (Fsp3) is 0.375. The van der Waals surface area contributed by atoms with E-state index in [0.717, 1.165) is 23.6 Å². The maximum atomic E-state index is 5.26. The van der Waals surface area contributed by atoms with Crippen molar-refractivity contribution < 1.29 is 4.74 Å². The van der Waals surface area contributed by atoms with Crippen LogP contribution in [0, 0.1) is 13.8 Å².